The lowest BCUT2D eigenvalue weighted by Crippen LogP contribution is -2.05. The van der Waals surface area contributed by atoms with Gasteiger partial charge in [-0.15, -0.1) is 6.58 Å². The van der Waals surface area contributed by atoms with E-state index in [9.17, 15) is 4.79 Å². The lowest BCUT2D eigenvalue weighted by Gasteiger charge is -2.09. The summed E-state index contributed by atoms with van der Waals surface area (Å²) in [7, 11) is 0. The number of Topliss-reactive ketones (excluding diaryl/α,β-unsaturated/α-hetero) is 1. The summed E-state index contributed by atoms with van der Waals surface area (Å²) in [5.74, 6) is -0.153. The summed E-state index contributed by atoms with van der Waals surface area (Å²) in [6, 6.07) is 7.32. The number of ketones is 1. The van der Waals surface area contributed by atoms with Crippen molar-refractivity contribution in [3.8, 4) is 0 Å². The van der Waals surface area contributed by atoms with Crippen LogP contribution in [0.25, 0.3) is 0 Å². The Morgan fingerprint density at radius 2 is 2.07 bits per heavy atom. The molecule has 0 aliphatic heterocycles. The zero-order valence-corrected chi connectivity index (χ0v) is 8.23. The quantitative estimate of drug-likeness (QED) is 0.738. The van der Waals surface area contributed by atoms with Gasteiger partial charge < -0.3 is 5.11 Å². The van der Waals surface area contributed by atoms with Crippen LogP contribution in [0, 0.1) is 0 Å². The highest BCUT2D eigenvalue weighted by atomic mass is 16.3. The first-order valence-electron chi connectivity index (χ1n) is 4.51. The minimum Gasteiger partial charge on any atom is -0.392 e. The molecule has 0 fully saturated rings. The van der Waals surface area contributed by atoms with E-state index in [-0.39, 0.29) is 18.3 Å². The molecule has 0 amide bonds. The summed E-state index contributed by atoms with van der Waals surface area (Å²) in [5, 5.41) is 8.85. The van der Waals surface area contributed by atoms with E-state index in [1.165, 1.54) is 0 Å². The van der Waals surface area contributed by atoms with Crippen molar-refractivity contribution in [1.82, 2.24) is 0 Å². The molecule has 0 aliphatic rings. The maximum absolute atomic E-state index is 11.2. The molecular formula is C12H14O2. The van der Waals surface area contributed by atoms with Crippen molar-refractivity contribution in [3.63, 3.8) is 0 Å². The second-order valence-corrected chi connectivity index (χ2v) is 3.22. The largest absolute Gasteiger partial charge is 0.392 e. The van der Waals surface area contributed by atoms with E-state index in [0.29, 0.717) is 0 Å². The van der Waals surface area contributed by atoms with Crippen molar-refractivity contribution in [2.24, 2.45) is 0 Å². The minimum absolute atomic E-state index is 0.0269. The predicted octanol–water partition coefficient (Wildman–Crippen LogP) is 2.04. The van der Waals surface area contributed by atoms with Crippen LogP contribution in [0.15, 0.2) is 36.9 Å². The molecule has 1 unspecified atom stereocenters. The standard InChI is InChI=1S/C12H14O2/c1-3-12(9(2)14)11-6-4-10(8-13)5-7-11/h3-7,12-13H,1,8H2,2H3. The Morgan fingerprint density at radius 1 is 1.50 bits per heavy atom. The third-order valence-electron chi connectivity index (χ3n) is 2.20. The van der Waals surface area contributed by atoms with Crippen LogP contribution >= 0.6 is 0 Å². The molecule has 2 nitrogen and oxygen atoms in total. The summed E-state index contributed by atoms with van der Waals surface area (Å²) in [6.45, 7) is 5.21. The van der Waals surface area contributed by atoms with Gasteiger partial charge in [-0.05, 0) is 18.1 Å². The molecule has 0 saturated heterocycles. The van der Waals surface area contributed by atoms with Crippen LogP contribution in [0.5, 0.6) is 0 Å². The summed E-state index contributed by atoms with van der Waals surface area (Å²) >= 11 is 0. The van der Waals surface area contributed by atoms with Gasteiger partial charge in [-0.25, -0.2) is 0 Å². The molecule has 74 valence electrons. The Kier molecular flexibility index (Phi) is 3.60. The average molecular weight is 190 g/mol. The van der Waals surface area contributed by atoms with Gasteiger partial charge in [-0.2, -0.15) is 0 Å². The Balaban J connectivity index is 2.94. The number of hydrogen-bond donors (Lipinski definition) is 1. The van der Waals surface area contributed by atoms with E-state index in [2.05, 4.69) is 6.58 Å². The Labute approximate surface area is 83.9 Å². The minimum atomic E-state index is -0.234. The number of carbonyl (C=O) groups is 1. The maximum Gasteiger partial charge on any atom is 0.141 e. The first kappa shape index (κ1) is 10.7. The summed E-state index contributed by atoms with van der Waals surface area (Å²) in [5.41, 5.74) is 1.77. The summed E-state index contributed by atoms with van der Waals surface area (Å²) in [6.07, 6.45) is 1.64. The van der Waals surface area contributed by atoms with Gasteiger partial charge in [0.1, 0.15) is 5.78 Å². The summed E-state index contributed by atoms with van der Waals surface area (Å²) < 4.78 is 0. The first-order valence-corrected chi connectivity index (χ1v) is 4.51. The van der Waals surface area contributed by atoms with Crippen molar-refractivity contribution in [2.45, 2.75) is 19.4 Å². The van der Waals surface area contributed by atoms with Crippen LogP contribution in [0.1, 0.15) is 24.0 Å². The number of allylic oxidation sites excluding steroid dienone is 1. The molecule has 0 heterocycles. The SMILES string of the molecule is C=CC(C(C)=O)c1ccc(CO)cc1. The van der Waals surface area contributed by atoms with Crippen LogP contribution in [0.4, 0.5) is 0 Å². The van der Waals surface area contributed by atoms with Gasteiger partial charge in [-0.3, -0.25) is 4.79 Å². The topological polar surface area (TPSA) is 37.3 Å². The molecule has 2 heteroatoms. The zero-order valence-electron chi connectivity index (χ0n) is 8.23. The van der Waals surface area contributed by atoms with Crippen LogP contribution in [0.2, 0.25) is 0 Å². The van der Waals surface area contributed by atoms with Gasteiger partial charge in [-0.1, -0.05) is 30.3 Å². The highest BCUT2D eigenvalue weighted by Gasteiger charge is 2.11. The van der Waals surface area contributed by atoms with E-state index < -0.39 is 0 Å². The molecule has 1 atom stereocenters. The van der Waals surface area contributed by atoms with Gasteiger partial charge in [0.2, 0.25) is 0 Å². The molecule has 0 spiro atoms. The monoisotopic (exact) mass is 190 g/mol. The molecule has 1 aromatic rings. The van der Waals surface area contributed by atoms with Crippen molar-refractivity contribution in [3.05, 3.63) is 48.0 Å². The molecule has 1 N–H and O–H groups in total. The lowest BCUT2D eigenvalue weighted by atomic mass is 9.95. The second kappa shape index (κ2) is 4.72. The van der Waals surface area contributed by atoms with Gasteiger partial charge in [0, 0.05) is 0 Å². The van der Waals surface area contributed by atoms with Gasteiger partial charge in [0.15, 0.2) is 0 Å². The smallest absolute Gasteiger partial charge is 0.141 e. The molecule has 14 heavy (non-hydrogen) atoms. The van der Waals surface area contributed by atoms with E-state index in [1.807, 2.05) is 24.3 Å². The molecule has 0 aromatic heterocycles. The molecule has 0 saturated carbocycles. The second-order valence-electron chi connectivity index (χ2n) is 3.22. The van der Waals surface area contributed by atoms with Crippen molar-refractivity contribution >= 4 is 5.78 Å². The van der Waals surface area contributed by atoms with Crippen LogP contribution in [-0.4, -0.2) is 10.9 Å². The fourth-order valence-electron chi connectivity index (χ4n) is 1.37. The summed E-state index contributed by atoms with van der Waals surface area (Å²) in [4.78, 5) is 11.2. The molecular weight excluding hydrogens is 176 g/mol. The van der Waals surface area contributed by atoms with E-state index >= 15 is 0 Å². The van der Waals surface area contributed by atoms with E-state index in [0.717, 1.165) is 11.1 Å². The van der Waals surface area contributed by atoms with Crippen molar-refractivity contribution in [1.29, 1.82) is 0 Å². The van der Waals surface area contributed by atoms with E-state index in [4.69, 9.17) is 5.11 Å². The number of aliphatic hydroxyl groups excluding tert-OH is 1. The molecule has 1 aromatic carbocycles. The number of carbonyl (C=O) groups excluding carboxylic acids is 1. The number of benzene rings is 1. The first-order chi connectivity index (χ1) is 6.69. The van der Waals surface area contributed by atoms with Crippen LogP contribution < -0.4 is 0 Å². The highest BCUT2D eigenvalue weighted by molar-refractivity contribution is 5.85. The van der Waals surface area contributed by atoms with E-state index in [1.54, 1.807) is 13.0 Å². The highest BCUT2D eigenvalue weighted by Crippen LogP contribution is 2.18. The predicted molar refractivity (Wildman–Crippen MR) is 56.0 cm³/mol. The maximum atomic E-state index is 11.2. The van der Waals surface area contributed by atoms with Crippen LogP contribution in [0.3, 0.4) is 0 Å². The Bertz CT molecular complexity index is 325. The fourth-order valence-corrected chi connectivity index (χ4v) is 1.37. The number of aliphatic hydroxyl groups is 1. The zero-order chi connectivity index (χ0) is 10.6. The lowest BCUT2D eigenvalue weighted by molar-refractivity contribution is -0.117. The molecule has 0 bridgehead atoms. The van der Waals surface area contributed by atoms with Crippen molar-refractivity contribution in [2.75, 3.05) is 0 Å². The average Bonchev–Trinajstić information content (AvgIpc) is 2.19. The molecule has 1 rings (SSSR count). The molecule has 0 aliphatic carbocycles. The third-order valence-corrected chi connectivity index (χ3v) is 2.20. The third kappa shape index (κ3) is 2.30. The Morgan fingerprint density at radius 3 is 2.43 bits per heavy atom. The number of rotatable bonds is 4. The fraction of sp³-hybridized carbons (Fsp3) is 0.250. The van der Waals surface area contributed by atoms with Gasteiger partial charge >= 0.3 is 0 Å². The molecule has 0 radical (unpaired) electrons. The van der Waals surface area contributed by atoms with Crippen LogP contribution in [-0.2, 0) is 11.4 Å². The van der Waals surface area contributed by atoms with Gasteiger partial charge in [0.05, 0.1) is 12.5 Å². The number of hydrogen-bond acceptors (Lipinski definition) is 2. The van der Waals surface area contributed by atoms with Crippen molar-refractivity contribution < 1.29 is 9.90 Å². The van der Waals surface area contributed by atoms with Gasteiger partial charge in [0.25, 0.3) is 0 Å². The Hall–Kier alpha value is -1.41. The normalized spacial score (nSPS) is 12.1.